The largest absolute Gasteiger partial charge is 0.341 e. The van der Waals surface area contributed by atoms with E-state index in [9.17, 15) is 4.79 Å². The van der Waals surface area contributed by atoms with E-state index in [1.54, 1.807) is 6.92 Å². The first kappa shape index (κ1) is 15.7. The summed E-state index contributed by atoms with van der Waals surface area (Å²) in [5, 5.41) is 0. The molecule has 3 heteroatoms. The van der Waals surface area contributed by atoms with Crippen molar-refractivity contribution >= 4 is 5.91 Å². The second-order valence-electron chi connectivity index (χ2n) is 5.43. The molecular formula is C16H26N2O. The van der Waals surface area contributed by atoms with Gasteiger partial charge >= 0.3 is 0 Å². The maximum Gasteiger partial charge on any atom is 0.246 e. The molecule has 2 unspecified atom stereocenters. The number of hydrogen-bond donors (Lipinski definition) is 1. The Hall–Kier alpha value is -1.35. The van der Waals surface area contributed by atoms with Crippen LogP contribution in [0.15, 0.2) is 30.3 Å². The van der Waals surface area contributed by atoms with Gasteiger partial charge in [0.2, 0.25) is 5.91 Å². The van der Waals surface area contributed by atoms with Crippen molar-refractivity contribution in [3.8, 4) is 0 Å². The Labute approximate surface area is 116 Å². The molecule has 19 heavy (non-hydrogen) atoms. The minimum Gasteiger partial charge on any atom is -0.341 e. The highest BCUT2D eigenvalue weighted by Gasteiger charge is 2.34. The normalized spacial score (nSPS) is 15.6. The van der Waals surface area contributed by atoms with Crippen LogP contribution < -0.4 is 5.73 Å². The molecule has 2 atom stereocenters. The van der Waals surface area contributed by atoms with Crippen molar-refractivity contribution in [2.45, 2.75) is 39.7 Å². The monoisotopic (exact) mass is 262 g/mol. The minimum atomic E-state index is -0.954. The number of likely N-dealkylation sites (N-methyl/N-ethyl adjacent to an activating group) is 1. The maximum absolute atomic E-state index is 12.6. The van der Waals surface area contributed by atoms with Crippen molar-refractivity contribution < 1.29 is 4.79 Å². The molecule has 0 spiro atoms. The number of amides is 1. The van der Waals surface area contributed by atoms with E-state index in [4.69, 9.17) is 5.73 Å². The minimum absolute atomic E-state index is 0.00139. The lowest BCUT2D eigenvalue weighted by Crippen LogP contribution is -2.51. The van der Waals surface area contributed by atoms with Gasteiger partial charge in [-0.2, -0.15) is 0 Å². The van der Waals surface area contributed by atoms with Crippen LogP contribution in [-0.2, 0) is 10.3 Å². The van der Waals surface area contributed by atoms with E-state index in [1.165, 1.54) is 0 Å². The first-order valence-electron chi connectivity index (χ1n) is 7.07. The average Bonchev–Trinajstić information content (AvgIpc) is 2.44. The van der Waals surface area contributed by atoms with Crippen LogP contribution in [0, 0.1) is 5.92 Å². The van der Waals surface area contributed by atoms with Crippen LogP contribution in [0.2, 0.25) is 0 Å². The number of benzene rings is 1. The average molecular weight is 262 g/mol. The molecule has 1 amide bonds. The topological polar surface area (TPSA) is 46.3 Å². The fourth-order valence-corrected chi connectivity index (χ4v) is 2.10. The summed E-state index contributed by atoms with van der Waals surface area (Å²) >= 11 is 0. The summed E-state index contributed by atoms with van der Waals surface area (Å²) in [7, 11) is 0. The molecule has 1 rings (SSSR count). The van der Waals surface area contributed by atoms with Gasteiger partial charge in [-0.25, -0.2) is 0 Å². The molecule has 0 heterocycles. The number of carbonyl (C=O) groups is 1. The van der Waals surface area contributed by atoms with Crippen LogP contribution in [0.4, 0.5) is 0 Å². The fourth-order valence-electron chi connectivity index (χ4n) is 2.10. The van der Waals surface area contributed by atoms with E-state index < -0.39 is 5.54 Å². The Bertz CT molecular complexity index is 400. The van der Waals surface area contributed by atoms with Gasteiger partial charge in [0, 0.05) is 13.1 Å². The van der Waals surface area contributed by atoms with Crippen LogP contribution in [0.5, 0.6) is 0 Å². The Morgan fingerprint density at radius 1 is 1.32 bits per heavy atom. The summed E-state index contributed by atoms with van der Waals surface area (Å²) in [5.74, 6) is 0.497. The lowest BCUT2D eigenvalue weighted by Gasteiger charge is -2.33. The third kappa shape index (κ3) is 3.80. The van der Waals surface area contributed by atoms with Gasteiger partial charge in [0.15, 0.2) is 0 Å². The number of hydrogen-bond acceptors (Lipinski definition) is 2. The zero-order chi connectivity index (χ0) is 14.5. The van der Waals surface area contributed by atoms with Gasteiger partial charge in [0.05, 0.1) is 0 Å². The van der Waals surface area contributed by atoms with Crippen molar-refractivity contribution in [3.05, 3.63) is 35.9 Å². The quantitative estimate of drug-likeness (QED) is 0.857. The fraction of sp³-hybridized carbons (Fsp3) is 0.562. The van der Waals surface area contributed by atoms with Gasteiger partial charge in [-0.05, 0) is 25.3 Å². The predicted molar refractivity (Wildman–Crippen MR) is 79.7 cm³/mol. The van der Waals surface area contributed by atoms with Crippen molar-refractivity contribution in [3.63, 3.8) is 0 Å². The summed E-state index contributed by atoms with van der Waals surface area (Å²) in [4.78, 5) is 14.5. The first-order chi connectivity index (χ1) is 8.93. The Morgan fingerprint density at radius 3 is 2.37 bits per heavy atom. The molecule has 1 aromatic rings. The van der Waals surface area contributed by atoms with Crippen LogP contribution in [-0.4, -0.2) is 23.9 Å². The van der Waals surface area contributed by atoms with Gasteiger partial charge in [0.25, 0.3) is 0 Å². The second-order valence-corrected chi connectivity index (χ2v) is 5.43. The zero-order valence-corrected chi connectivity index (χ0v) is 12.5. The van der Waals surface area contributed by atoms with Gasteiger partial charge in [-0.3, -0.25) is 4.79 Å². The van der Waals surface area contributed by atoms with Crippen molar-refractivity contribution in [1.29, 1.82) is 0 Å². The summed E-state index contributed by atoms with van der Waals surface area (Å²) < 4.78 is 0. The molecule has 3 nitrogen and oxygen atoms in total. The summed E-state index contributed by atoms with van der Waals surface area (Å²) in [5.41, 5.74) is 6.19. The predicted octanol–water partition coefficient (Wildman–Crippen LogP) is 2.76. The van der Waals surface area contributed by atoms with E-state index in [2.05, 4.69) is 13.8 Å². The van der Waals surface area contributed by atoms with Gasteiger partial charge in [-0.1, -0.05) is 50.6 Å². The Balaban J connectivity index is 2.90. The van der Waals surface area contributed by atoms with Gasteiger partial charge < -0.3 is 10.6 Å². The third-order valence-corrected chi connectivity index (χ3v) is 3.72. The smallest absolute Gasteiger partial charge is 0.246 e. The van der Waals surface area contributed by atoms with E-state index in [0.717, 1.165) is 18.5 Å². The van der Waals surface area contributed by atoms with E-state index in [-0.39, 0.29) is 5.91 Å². The van der Waals surface area contributed by atoms with Crippen LogP contribution >= 0.6 is 0 Å². The molecule has 0 fully saturated rings. The van der Waals surface area contributed by atoms with E-state index in [0.29, 0.717) is 12.5 Å². The third-order valence-electron chi connectivity index (χ3n) is 3.72. The van der Waals surface area contributed by atoms with Crippen molar-refractivity contribution in [2.75, 3.05) is 13.1 Å². The molecule has 0 aromatic heterocycles. The summed E-state index contributed by atoms with van der Waals surface area (Å²) in [6.07, 6.45) is 1.07. The highest BCUT2D eigenvalue weighted by Crippen LogP contribution is 2.21. The Kier molecular flexibility index (Phi) is 5.55. The molecule has 1 aromatic carbocycles. The molecular weight excluding hydrogens is 236 g/mol. The molecule has 0 saturated carbocycles. The molecule has 0 bridgehead atoms. The Morgan fingerprint density at radius 2 is 1.89 bits per heavy atom. The molecule has 0 aliphatic rings. The second kappa shape index (κ2) is 6.71. The van der Waals surface area contributed by atoms with Gasteiger partial charge in [0.1, 0.15) is 5.54 Å². The van der Waals surface area contributed by atoms with Crippen LogP contribution in [0.3, 0.4) is 0 Å². The summed E-state index contributed by atoms with van der Waals surface area (Å²) in [6, 6.07) is 9.59. The lowest BCUT2D eigenvalue weighted by atomic mass is 9.91. The molecule has 0 aliphatic heterocycles. The molecule has 0 aliphatic carbocycles. The highest BCUT2D eigenvalue weighted by atomic mass is 16.2. The molecule has 0 radical (unpaired) electrons. The van der Waals surface area contributed by atoms with E-state index in [1.807, 2.05) is 42.2 Å². The van der Waals surface area contributed by atoms with E-state index >= 15 is 0 Å². The first-order valence-corrected chi connectivity index (χ1v) is 7.07. The molecule has 0 saturated heterocycles. The number of rotatable bonds is 6. The maximum atomic E-state index is 12.6. The van der Waals surface area contributed by atoms with Crippen molar-refractivity contribution in [1.82, 2.24) is 4.90 Å². The zero-order valence-electron chi connectivity index (χ0n) is 12.5. The number of nitrogens with two attached hydrogens (primary N) is 1. The lowest BCUT2D eigenvalue weighted by molar-refractivity contribution is -0.137. The summed E-state index contributed by atoms with van der Waals surface area (Å²) in [6.45, 7) is 9.56. The number of carbonyl (C=O) groups excluding carboxylic acids is 1. The SMILES string of the molecule is CCC(C)CN(CC)C(=O)C(C)(N)c1ccccc1. The van der Waals surface area contributed by atoms with Gasteiger partial charge in [-0.15, -0.1) is 0 Å². The molecule has 106 valence electrons. The number of nitrogens with zero attached hydrogens (tertiary/aromatic N) is 1. The van der Waals surface area contributed by atoms with Crippen LogP contribution in [0.1, 0.15) is 39.7 Å². The standard InChI is InChI=1S/C16H26N2O/c1-5-13(3)12-18(6-2)15(19)16(4,17)14-10-8-7-9-11-14/h7-11,13H,5-6,12,17H2,1-4H3. The molecule has 2 N–H and O–H groups in total. The van der Waals surface area contributed by atoms with Crippen molar-refractivity contribution in [2.24, 2.45) is 11.7 Å². The van der Waals surface area contributed by atoms with Crippen LogP contribution in [0.25, 0.3) is 0 Å². The highest BCUT2D eigenvalue weighted by molar-refractivity contribution is 5.87.